The van der Waals surface area contributed by atoms with Crippen LogP contribution in [0.3, 0.4) is 0 Å². The lowest BCUT2D eigenvalue weighted by Gasteiger charge is -2.11. The first-order valence-electron chi connectivity index (χ1n) is 7.15. The van der Waals surface area contributed by atoms with Gasteiger partial charge in [0.15, 0.2) is 0 Å². The third kappa shape index (κ3) is 5.37. The van der Waals surface area contributed by atoms with E-state index < -0.39 is 10.8 Å². The highest BCUT2D eigenvalue weighted by atomic mass is 35.5. The maximum absolute atomic E-state index is 12.0. The van der Waals surface area contributed by atoms with Crippen molar-refractivity contribution in [2.75, 3.05) is 11.1 Å². The van der Waals surface area contributed by atoms with E-state index in [0.29, 0.717) is 28.6 Å². The molecule has 1 amide bonds. The average Bonchev–Trinajstić information content (AvgIpc) is 2.88. The lowest BCUT2D eigenvalue weighted by Crippen LogP contribution is -2.14. The van der Waals surface area contributed by atoms with Crippen LogP contribution in [0.5, 0.6) is 0 Å². The second-order valence-electron chi connectivity index (χ2n) is 5.20. The Hall–Kier alpha value is -1.31. The molecule has 1 aromatic carbocycles. The molecule has 0 bridgehead atoms. The van der Waals surface area contributed by atoms with E-state index in [1.807, 2.05) is 32.0 Å². The van der Waals surface area contributed by atoms with Gasteiger partial charge in [0, 0.05) is 40.2 Å². The van der Waals surface area contributed by atoms with Crippen LogP contribution in [0.1, 0.15) is 29.7 Å². The Labute approximate surface area is 147 Å². The van der Waals surface area contributed by atoms with Crippen molar-refractivity contribution in [3.63, 3.8) is 0 Å². The fourth-order valence-corrected chi connectivity index (χ4v) is 4.03. The summed E-state index contributed by atoms with van der Waals surface area (Å²) in [6, 6.07) is 5.88. The minimum Gasteiger partial charge on any atom is -0.326 e. The van der Waals surface area contributed by atoms with Crippen molar-refractivity contribution in [1.29, 1.82) is 0 Å². The van der Waals surface area contributed by atoms with Crippen molar-refractivity contribution in [3.05, 3.63) is 39.4 Å². The van der Waals surface area contributed by atoms with Gasteiger partial charge in [0.25, 0.3) is 0 Å². The lowest BCUT2D eigenvalue weighted by atomic mass is 10.1. The Morgan fingerprint density at radius 2 is 2.04 bits per heavy atom. The summed E-state index contributed by atoms with van der Waals surface area (Å²) in [5.41, 5.74) is 3.49. The molecule has 0 saturated carbocycles. The zero-order chi connectivity index (χ0) is 16.8. The first-order chi connectivity index (χ1) is 11.0. The minimum absolute atomic E-state index is 0.0623. The van der Waals surface area contributed by atoms with Gasteiger partial charge in [-0.1, -0.05) is 34.3 Å². The minimum atomic E-state index is -1.09. The molecule has 5 nitrogen and oxygen atoms in total. The summed E-state index contributed by atoms with van der Waals surface area (Å²) >= 11 is 6.97. The molecule has 0 aliphatic rings. The van der Waals surface area contributed by atoms with E-state index in [1.165, 1.54) is 0 Å². The Balaban J connectivity index is 1.77. The van der Waals surface area contributed by atoms with Crippen LogP contribution in [0.15, 0.2) is 18.2 Å². The van der Waals surface area contributed by atoms with Crippen LogP contribution in [-0.4, -0.2) is 25.5 Å². The van der Waals surface area contributed by atoms with Crippen molar-refractivity contribution < 1.29 is 9.00 Å². The van der Waals surface area contributed by atoms with Gasteiger partial charge in [0.05, 0.1) is 5.75 Å². The predicted octanol–water partition coefficient (Wildman–Crippen LogP) is 3.48. The maximum Gasteiger partial charge on any atom is 0.224 e. The molecule has 0 aliphatic carbocycles. The van der Waals surface area contributed by atoms with Crippen LogP contribution >= 0.6 is 23.1 Å². The fourth-order valence-electron chi connectivity index (χ4n) is 2.12. The quantitative estimate of drug-likeness (QED) is 0.808. The van der Waals surface area contributed by atoms with E-state index in [0.717, 1.165) is 28.3 Å². The van der Waals surface area contributed by atoms with Crippen molar-refractivity contribution in [2.45, 2.75) is 32.4 Å². The smallest absolute Gasteiger partial charge is 0.224 e. The SMILES string of the molecule is Cc1cccc(C)c1NC(=O)CCCS(=O)Cc1nnsc1Cl. The summed E-state index contributed by atoms with van der Waals surface area (Å²) in [6.45, 7) is 3.92. The number of rotatable bonds is 7. The van der Waals surface area contributed by atoms with Gasteiger partial charge in [-0.2, -0.15) is 0 Å². The first-order valence-corrected chi connectivity index (χ1v) is 9.79. The lowest BCUT2D eigenvalue weighted by molar-refractivity contribution is -0.116. The van der Waals surface area contributed by atoms with Crippen molar-refractivity contribution in [2.24, 2.45) is 0 Å². The third-order valence-corrected chi connectivity index (χ3v) is 5.65. The van der Waals surface area contributed by atoms with Crippen molar-refractivity contribution >= 4 is 45.5 Å². The number of aryl methyl sites for hydroxylation is 2. The van der Waals surface area contributed by atoms with Gasteiger partial charge in [0.1, 0.15) is 10.0 Å². The molecule has 1 atom stereocenters. The van der Waals surface area contributed by atoms with Gasteiger partial charge in [-0.3, -0.25) is 9.00 Å². The van der Waals surface area contributed by atoms with E-state index in [2.05, 4.69) is 14.9 Å². The second-order valence-corrected chi connectivity index (χ2v) is 8.13. The number of hydrogen-bond donors (Lipinski definition) is 1. The molecule has 23 heavy (non-hydrogen) atoms. The molecule has 2 rings (SSSR count). The molecule has 0 radical (unpaired) electrons. The molecular weight excluding hydrogens is 354 g/mol. The topological polar surface area (TPSA) is 72.0 Å². The highest BCUT2D eigenvalue weighted by Crippen LogP contribution is 2.20. The molecule has 1 heterocycles. The number of benzene rings is 1. The average molecular weight is 372 g/mol. The summed E-state index contributed by atoms with van der Waals surface area (Å²) < 4.78 is 16.2. The third-order valence-electron chi connectivity index (χ3n) is 3.33. The van der Waals surface area contributed by atoms with Gasteiger partial charge < -0.3 is 5.32 Å². The van der Waals surface area contributed by atoms with E-state index in [1.54, 1.807) is 0 Å². The first kappa shape index (κ1) is 18.0. The molecule has 0 spiro atoms. The predicted molar refractivity (Wildman–Crippen MR) is 95.4 cm³/mol. The van der Waals surface area contributed by atoms with Gasteiger partial charge in [-0.25, -0.2) is 0 Å². The molecule has 0 saturated heterocycles. The highest BCUT2D eigenvalue weighted by molar-refractivity contribution is 7.84. The Bertz CT molecular complexity index is 698. The van der Waals surface area contributed by atoms with E-state index in [-0.39, 0.29) is 11.7 Å². The Morgan fingerprint density at radius 1 is 1.35 bits per heavy atom. The summed E-state index contributed by atoms with van der Waals surface area (Å²) in [5, 5.41) is 6.77. The summed E-state index contributed by atoms with van der Waals surface area (Å²) in [5.74, 6) is 0.662. The molecule has 1 N–H and O–H groups in total. The van der Waals surface area contributed by atoms with Crippen LogP contribution in [0, 0.1) is 13.8 Å². The van der Waals surface area contributed by atoms with Crippen LogP contribution in [0.2, 0.25) is 4.34 Å². The summed E-state index contributed by atoms with van der Waals surface area (Å²) in [4.78, 5) is 12.0. The standard InChI is InChI=1S/C15H18ClN3O2S2/c1-10-5-3-6-11(2)14(10)17-13(20)7-4-8-23(21)9-12-15(16)22-19-18-12/h3,5-6H,4,7-9H2,1-2H3,(H,17,20). The maximum atomic E-state index is 12.0. The number of para-hydroxylation sites is 1. The summed E-state index contributed by atoms with van der Waals surface area (Å²) in [6.07, 6.45) is 0.890. The number of nitrogens with one attached hydrogen (secondary N) is 1. The molecule has 0 aliphatic heterocycles. The fraction of sp³-hybridized carbons (Fsp3) is 0.400. The van der Waals surface area contributed by atoms with Crippen molar-refractivity contribution in [1.82, 2.24) is 9.59 Å². The van der Waals surface area contributed by atoms with Crippen LogP contribution in [0.4, 0.5) is 5.69 Å². The number of amides is 1. The molecule has 0 fully saturated rings. The molecule has 8 heteroatoms. The normalized spacial score (nSPS) is 12.1. The molecular formula is C15H18ClN3O2S2. The van der Waals surface area contributed by atoms with E-state index in [4.69, 9.17) is 11.6 Å². The molecule has 1 aromatic heterocycles. The molecule has 2 aromatic rings. The largest absolute Gasteiger partial charge is 0.326 e. The number of hydrogen-bond acceptors (Lipinski definition) is 5. The Morgan fingerprint density at radius 3 is 2.65 bits per heavy atom. The van der Waals surface area contributed by atoms with Crippen LogP contribution < -0.4 is 5.32 Å². The second kappa shape index (κ2) is 8.52. The zero-order valence-electron chi connectivity index (χ0n) is 13.0. The van der Waals surface area contributed by atoms with E-state index in [9.17, 15) is 9.00 Å². The number of nitrogens with zero attached hydrogens (tertiary/aromatic N) is 2. The number of carbonyl (C=O) groups is 1. The zero-order valence-corrected chi connectivity index (χ0v) is 15.4. The number of anilines is 1. The van der Waals surface area contributed by atoms with Gasteiger partial charge in [0.2, 0.25) is 5.91 Å². The Kier molecular flexibility index (Phi) is 6.68. The number of aromatic nitrogens is 2. The summed E-state index contributed by atoms with van der Waals surface area (Å²) in [7, 11) is -1.09. The van der Waals surface area contributed by atoms with Gasteiger partial charge in [-0.05, 0) is 31.4 Å². The van der Waals surface area contributed by atoms with E-state index >= 15 is 0 Å². The van der Waals surface area contributed by atoms with Crippen LogP contribution in [-0.2, 0) is 21.3 Å². The van der Waals surface area contributed by atoms with Crippen LogP contribution in [0.25, 0.3) is 0 Å². The highest BCUT2D eigenvalue weighted by Gasteiger charge is 2.11. The van der Waals surface area contributed by atoms with Crippen molar-refractivity contribution in [3.8, 4) is 0 Å². The monoisotopic (exact) mass is 371 g/mol. The number of carbonyl (C=O) groups excluding carboxylic acids is 1. The van der Waals surface area contributed by atoms with Gasteiger partial charge in [-0.15, -0.1) is 5.10 Å². The number of halogens is 1. The molecule has 124 valence electrons. The molecule has 1 unspecified atom stereocenters. The van der Waals surface area contributed by atoms with Gasteiger partial charge >= 0.3 is 0 Å².